The molecule has 3 rings (SSSR count). The Balaban J connectivity index is 0.000000509. The molecule has 5 nitrogen and oxygen atoms in total. The first kappa shape index (κ1) is 26.7. The molecular formula is C22H17F7N2O3. The van der Waals surface area contributed by atoms with Gasteiger partial charge in [-0.2, -0.15) is 26.3 Å². The van der Waals surface area contributed by atoms with Crippen molar-refractivity contribution in [2.75, 3.05) is 6.61 Å². The topological polar surface area (TPSA) is 72.3 Å². The lowest BCUT2D eigenvalue weighted by atomic mass is 9.85. The first-order chi connectivity index (χ1) is 15.9. The Hall–Kier alpha value is -3.54. The Morgan fingerprint density at radius 2 is 1.32 bits per heavy atom. The molecule has 12 heteroatoms. The Bertz CT molecular complexity index is 989. The van der Waals surface area contributed by atoms with Crippen LogP contribution in [0.3, 0.4) is 0 Å². The van der Waals surface area contributed by atoms with Crippen molar-refractivity contribution in [3.63, 3.8) is 0 Å². The maximum absolute atomic E-state index is 13.3. The molecule has 1 unspecified atom stereocenters. The zero-order valence-electron chi connectivity index (χ0n) is 17.1. The number of pyridine rings is 2. The van der Waals surface area contributed by atoms with Crippen molar-refractivity contribution in [2.45, 2.75) is 24.4 Å². The summed E-state index contributed by atoms with van der Waals surface area (Å²) in [5.41, 5.74) is 1.77. The van der Waals surface area contributed by atoms with E-state index in [1.165, 1.54) is 24.3 Å². The van der Waals surface area contributed by atoms with Gasteiger partial charge in [-0.3, -0.25) is 9.97 Å². The fourth-order valence-electron chi connectivity index (χ4n) is 2.88. The molecule has 1 atom stereocenters. The van der Waals surface area contributed by atoms with E-state index in [1.807, 2.05) is 0 Å². The largest absolute Gasteiger partial charge is 0.490 e. The number of benzene rings is 1. The number of alkyl halides is 6. The number of carboxylic acids is 1. The first-order valence-corrected chi connectivity index (χ1v) is 9.42. The van der Waals surface area contributed by atoms with Crippen molar-refractivity contribution >= 4 is 5.97 Å². The quantitative estimate of drug-likeness (QED) is 0.449. The second-order valence-corrected chi connectivity index (χ2v) is 6.75. The number of hydrogen-bond donors (Lipinski definition) is 1. The summed E-state index contributed by atoms with van der Waals surface area (Å²) in [7, 11) is 0. The van der Waals surface area contributed by atoms with Crippen molar-refractivity contribution in [1.82, 2.24) is 9.97 Å². The molecule has 0 saturated heterocycles. The summed E-state index contributed by atoms with van der Waals surface area (Å²) < 4.78 is 88.9. The normalized spacial score (nSPS) is 12.6. The lowest BCUT2D eigenvalue weighted by Gasteiger charge is -2.28. The van der Waals surface area contributed by atoms with Crippen LogP contribution in [-0.2, 0) is 9.53 Å². The van der Waals surface area contributed by atoms with Gasteiger partial charge in [-0.25, -0.2) is 9.18 Å². The minimum Gasteiger partial charge on any atom is -0.475 e. The molecule has 0 saturated carbocycles. The van der Waals surface area contributed by atoms with Crippen LogP contribution in [0.15, 0.2) is 73.3 Å². The summed E-state index contributed by atoms with van der Waals surface area (Å²) in [5.74, 6) is -3.83. The summed E-state index contributed by atoms with van der Waals surface area (Å²) in [6.07, 6.45) is -4.27. The van der Waals surface area contributed by atoms with Crippen LogP contribution in [0.25, 0.3) is 0 Å². The zero-order chi connectivity index (χ0) is 25.4. The standard InChI is InChI=1S/C20H16F4N2O.C2HF3O2/c21-17-7-5-14(6-8-17)19(27-13-20(22,23)24)18(15-3-1-9-25-11-15)16-4-2-10-26-12-16;3-2(4,5)1(6)7/h1-12,18-19H,13H2;(H,6,7). The fraction of sp³-hybridized carbons (Fsp3) is 0.227. The molecule has 0 amide bonds. The number of carboxylic acid groups (broad SMARTS) is 1. The van der Waals surface area contributed by atoms with Gasteiger partial charge in [-0.1, -0.05) is 24.3 Å². The summed E-state index contributed by atoms with van der Waals surface area (Å²) >= 11 is 0. The monoisotopic (exact) mass is 490 g/mol. The second kappa shape index (κ2) is 11.5. The Morgan fingerprint density at radius 1 is 0.853 bits per heavy atom. The van der Waals surface area contributed by atoms with Crippen molar-refractivity contribution < 1.29 is 45.4 Å². The smallest absolute Gasteiger partial charge is 0.475 e. The molecule has 0 fully saturated rings. The van der Waals surface area contributed by atoms with E-state index in [-0.39, 0.29) is 0 Å². The van der Waals surface area contributed by atoms with Gasteiger partial charge < -0.3 is 9.84 Å². The number of halogens is 7. The summed E-state index contributed by atoms with van der Waals surface area (Å²) in [5, 5.41) is 7.12. The van der Waals surface area contributed by atoms with E-state index < -0.39 is 42.8 Å². The van der Waals surface area contributed by atoms with Crippen LogP contribution in [0.4, 0.5) is 30.7 Å². The van der Waals surface area contributed by atoms with Crippen LogP contribution < -0.4 is 0 Å². The molecular weight excluding hydrogens is 473 g/mol. The molecule has 2 heterocycles. The van der Waals surface area contributed by atoms with Gasteiger partial charge in [0.15, 0.2) is 0 Å². The van der Waals surface area contributed by atoms with E-state index in [2.05, 4.69) is 9.97 Å². The minimum atomic E-state index is -5.08. The molecule has 0 spiro atoms. The molecule has 1 N–H and O–H groups in total. The third-order valence-corrected chi connectivity index (χ3v) is 4.26. The van der Waals surface area contributed by atoms with Gasteiger partial charge >= 0.3 is 18.3 Å². The third kappa shape index (κ3) is 8.43. The lowest BCUT2D eigenvalue weighted by molar-refractivity contribution is -0.192. The van der Waals surface area contributed by atoms with Gasteiger partial charge in [0, 0.05) is 30.7 Å². The molecule has 0 aliphatic carbocycles. The molecule has 0 aliphatic heterocycles. The van der Waals surface area contributed by atoms with E-state index in [0.717, 1.165) is 0 Å². The zero-order valence-corrected chi connectivity index (χ0v) is 17.1. The highest BCUT2D eigenvalue weighted by atomic mass is 19.4. The highest BCUT2D eigenvalue weighted by Crippen LogP contribution is 2.39. The van der Waals surface area contributed by atoms with E-state index in [4.69, 9.17) is 14.6 Å². The third-order valence-electron chi connectivity index (χ3n) is 4.26. The van der Waals surface area contributed by atoms with Crippen LogP contribution in [0.1, 0.15) is 28.7 Å². The van der Waals surface area contributed by atoms with Gasteiger partial charge in [0.1, 0.15) is 12.4 Å². The highest BCUT2D eigenvalue weighted by Gasteiger charge is 2.38. The average molecular weight is 490 g/mol. The van der Waals surface area contributed by atoms with Crippen molar-refractivity contribution in [2.24, 2.45) is 0 Å². The summed E-state index contributed by atoms with van der Waals surface area (Å²) in [6, 6.07) is 12.2. The number of ether oxygens (including phenoxy) is 1. The van der Waals surface area contributed by atoms with Crippen LogP contribution in [-0.4, -0.2) is 40.0 Å². The molecule has 0 radical (unpaired) electrons. The maximum atomic E-state index is 13.3. The van der Waals surface area contributed by atoms with Crippen LogP contribution in [0, 0.1) is 5.82 Å². The van der Waals surface area contributed by atoms with Crippen molar-refractivity contribution in [3.8, 4) is 0 Å². The van der Waals surface area contributed by atoms with Gasteiger partial charge in [0.05, 0.1) is 6.10 Å². The SMILES string of the molecule is Fc1ccc(C(OCC(F)(F)F)C(c2cccnc2)c2cccnc2)cc1.O=C(O)C(F)(F)F. The number of rotatable bonds is 6. The Labute approximate surface area is 188 Å². The van der Waals surface area contributed by atoms with E-state index in [9.17, 15) is 30.7 Å². The van der Waals surface area contributed by atoms with Gasteiger partial charge in [-0.15, -0.1) is 0 Å². The molecule has 182 valence electrons. The number of nitrogens with zero attached hydrogens (tertiary/aromatic N) is 2. The molecule has 0 aliphatic rings. The molecule has 3 aromatic rings. The molecule has 2 aromatic heterocycles. The lowest BCUT2D eigenvalue weighted by Crippen LogP contribution is -2.24. The van der Waals surface area contributed by atoms with Crippen LogP contribution in [0.2, 0.25) is 0 Å². The van der Waals surface area contributed by atoms with Crippen LogP contribution >= 0.6 is 0 Å². The average Bonchev–Trinajstić information content (AvgIpc) is 2.78. The Kier molecular flexibility index (Phi) is 9.07. The molecule has 1 aromatic carbocycles. The number of hydrogen-bond acceptors (Lipinski definition) is 4. The maximum Gasteiger partial charge on any atom is 0.490 e. The van der Waals surface area contributed by atoms with E-state index >= 15 is 0 Å². The van der Waals surface area contributed by atoms with Crippen molar-refractivity contribution in [3.05, 3.63) is 95.8 Å². The first-order valence-electron chi connectivity index (χ1n) is 9.42. The molecule has 34 heavy (non-hydrogen) atoms. The summed E-state index contributed by atoms with van der Waals surface area (Å²) in [6.45, 7) is -1.42. The minimum absolute atomic E-state index is 0.429. The summed E-state index contributed by atoms with van der Waals surface area (Å²) in [4.78, 5) is 17.0. The van der Waals surface area contributed by atoms with E-state index in [1.54, 1.807) is 49.1 Å². The number of aliphatic carboxylic acids is 1. The van der Waals surface area contributed by atoms with Gasteiger partial charge in [-0.05, 0) is 41.0 Å². The molecule has 0 bridgehead atoms. The number of carbonyl (C=O) groups is 1. The van der Waals surface area contributed by atoms with Crippen molar-refractivity contribution in [1.29, 1.82) is 0 Å². The van der Waals surface area contributed by atoms with Gasteiger partial charge in [0.25, 0.3) is 0 Å². The predicted octanol–water partition coefficient (Wildman–Crippen LogP) is 5.70. The predicted molar refractivity (Wildman–Crippen MR) is 105 cm³/mol. The second-order valence-electron chi connectivity index (χ2n) is 6.75. The highest BCUT2D eigenvalue weighted by molar-refractivity contribution is 5.73. The fourth-order valence-corrected chi connectivity index (χ4v) is 2.88. The van der Waals surface area contributed by atoms with Gasteiger partial charge in [0.2, 0.25) is 0 Å². The van der Waals surface area contributed by atoms with Crippen LogP contribution in [0.5, 0.6) is 0 Å². The van der Waals surface area contributed by atoms with E-state index in [0.29, 0.717) is 16.7 Å². The number of aromatic nitrogens is 2. The Morgan fingerprint density at radius 3 is 1.68 bits per heavy atom.